The molecule has 0 radical (unpaired) electrons. The molecule has 4 nitrogen and oxygen atoms in total. The maximum Gasteiger partial charge on any atom is 0.229 e. The molecule has 1 heterocycles. The molecule has 1 aromatic carbocycles. The number of rotatable bonds is 2. The SMILES string of the molecule is Cc1ccnc(NC(=S)Nc2ccc(F)cc2F)n1. The molecule has 98 valence electrons. The molecule has 0 spiro atoms. The maximum atomic E-state index is 13.4. The molecule has 19 heavy (non-hydrogen) atoms. The number of halogens is 2. The summed E-state index contributed by atoms with van der Waals surface area (Å²) >= 11 is 4.99. The van der Waals surface area contributed by atoms with Gasteiger partial charge in [-0.2, -0.15) is 0 Å². The van der Waals surface area contributed by atoms with Crippen molar-refractivity contribution in [3.05, 3.63) is 47.8 Å². The van der Waals surface area contributed by atoms with Gasteiger partial charge in [0.1, 0.15) is 11.6 Å². The Morgan fingerprint density at radius 2 is 2.00 bits per heavy atom. The molecule has 0 unspecified atom stereocenters. The Bertz CT molecular complexity index is 618. The van der Waals surface area contributed by atoms with Crippen LogP contribution < -0.4 is 10.6 Å². The minimum Gasteiger partial charge on any atom is -0.330 e. The van der Waals surface area contributed by atoms with Gasteiger partial charge in [-0.1, -0.05) is 0 Å². The van der Waals surface area contributed by atoms with Gasteiger partial charge in [0.15, 0.2) is 5.11 Å². The zero-order chi connectivity index (χ0) is 13.8. The van der Waals surface area contributed by atoms with Crippen molar-refractivity contribution in [2.45, 2.75) is 6.92 Å². The Morgan fingerprint density at radius 1 is 1.21 bits per heavy atom. The van der Waals surface area contributed by atoms with Crippen molar-refractivity contribution >= 4 is 29.0 Å². The van der Waals surface area contributed by atoms with Crippen LogP contribution in [0.15, 0.2) is 30.5 Å². The second-order valence-electron chi connectivity index (χ2n) is 3.72. The summed E-state index contributed by atoms with van der Waals surface area (Å²) in [5.74, 6) is -1.07. The monoisotopic (exact) mass is 280 g/mol. The van der Waals surface area contributed by atoms with Crippen LogP contribution in [0.4, 0.5) is 20.4 Å². The van der Waals surface area contributed by atoms with Gasteiger partial charge in [-0.3, -0.25) is 0 Å². The molecular weight excluding hydrogens is 270 g/mol. The molecule has 0 atom stereocenters. The van der Waals surface area contributed by atoms with Crippen molar-refractivity contribution in [3.63, 3.8) is 0 Å². The Morgan fingerprint density at radius 3 is 2.68 bits per heavy atom. The number of hydrogen-bond acceptors (Lipinski definition) is 3. The van der Waals surface area contributed by atoms with Crippen LogP contribution >= 0.6 is 12.2 Å². The lowest BCUT2D eigenvalue weighted by molar-refractivity contribution is 0.586. The van der Waals surface area contributed by atoms with Gasteiger partial charge in [-0.25, -0.2) is 18.7 Å². The Hall–Kier alpha value is -2.15. The lowest BCUT2D eigenvalue weighted by Gasteiger charge is -2.10. The van der Waals surface area contributed by atoms with Crippen LogP contribution in [-0.4, -0.2) is 15.1 Å². The molecule has 0 aliphatic heterocycles. The van der Waals surface area contributed by atoms with Crippen molar-refractivity contribution in [3.8, 4) is 0 Å². The molecule has 0 amide bonds. The van der Waals surface area contributed by atoms with Crippen LogP contribution in [0.5, 0.6) is 0 Å². The Kier molecular flexibility index (Phi) is 3.96. The van der Waals surface area contributed by atoms with Crippen LogP contribution in [-0.2, 0) is 0 Å². The number of thiocarbonyl (C=S) groups is 1. The number of nitrogens with zero attached hydrogens (tertiary/aromatic N) is 2. The summed E-state index contributed by atoms with van der Waals surface area (Å²) in [5, 5.41) is 5.44. The average Bonchev–Trinajstić information content (AvgIpc) is 2.33. The fourth-order valence-electron chi connectivity index (χ4n) is 1.36. The molecule has 0 aliphatic rings. The topological polar surface area (TPSA) is 49.8 Å². The second-order valence-corrected chi connectivity index (χ2v) is 4.13. The van der Waals surface area contributed by atoms with E-state index in [1.165, 1.54) is 6.07 Å². The first-order valence-electron chi connectivity index (χ1n) is 5.37. The number of aromatic nitrogens is 2. The fourth-order valence-corrected chi connectivity index (χ4v) is 1.56. The third kappa shape index (κ3) is 3.65. The Labute approximate surface area is 113 Å². The van der Waals surface area contributed by atoms with Crippen LogP contribution in [0.2, 0.25) is 0 Å². The third-order valence-corrected chi connectivity index (χ3v) is 2.40. The zero-order valence-electron chi connectivity index (χ0n) is 9.95. The molecule has 2 N–H and O–H groups in total. The first kappa shape index (κ1) is 13.3. The Balaban J connectivity index is 2.05. The first-order chi connectivity index (χ1) is 9.04. The van der Waals surface area contributed by atoms with E-state index in [4.69, 9.17) is 12.2 Å². The van der Waals surface area contributed by atoms with Crippen molar-refractivity contribution in [1.82, 2.24) is 9.97 Å². The second kappa shape index (κ2) is 5.66. The minimum atomic E-state index is -0.727. The van der Waals surface area contributed by atoms with E-state index in [1.54, 1.807) is 12.3 Å². The molecule has 2 rings (SSSR count). The molecule has 0 saturated heterocycles. The molecule has 1 aromatic heterocycles. The van der Waals surface area contributed by atoms with E-state index in [9.17, 15) is 8.78 Å². The predicted octanol–water partition coefficient (Wildman–Crippen LogP) is 2.87. The number of hydrogen-bond donors (Lipinski definition) is 2. The van der Waals surface area contributed by atoms with Gasteiger partial charge in [-0.05, 0) is 37.3 Å². The van der Waals surface area contributed by atoms with Crippen molar-refractivity contribution in [2.75, 3.05) is 10.6 Å². The first-order valence-corrected chi connectivity index (χ1v) is 5.78. The van der Waals surface area contributed by atoms with Gasteiger partial charge >= 0.3 is 0 Å². The van der Waals surface area contributed by atoms with Gasteiger partial charge in [0.05, 0.1) is 5.69 Å². The van der Waals surface area contributed by atoms with Crippen LogP contribution in [0.25, 0.3) is 0 Å². The number of anilines is 2. The van der Waals surface area contributed by atoms with E-state index in [0.717, 1.165) is 17.8 Å². The van der Waals surface area contributed by atoms with Gasteiger partial charge in [-0.15, -0.1) is 0 Å². The van der Waals surface area contributed by atoms with E-state index in [-0.39, 0.29) is 10.8 Å². The van der Waals surface area contributed by atoms with Gasteiger partial charge < -0.3 is 10.6 Å². The highest BCUT2D eigenvalue weighted by atomic mass is 32.1. The highest BCUT2D eigenvalue weighted by Crippen LogP contribution is 2.15. The lowest BCUT2D eigenvalue weighted by Crippen LogP contribution is -2.21. The third-order valence-electron chi connectivity index (χ3n) is 2.20. The molecular formula is C12H10F2N4S. The highest BCUT2D eigenvalue weighted by Gasteiger charge is 2.06. The quantitative estimate of drug-likeness (QED) is 0.828. The van der Waals surface area contributed by atoms with Crippen molar-refractivity contribution in [1.29, 1.82) is 0 Å². The van der Waals surface area contributed by atoms with E-state index in [0.29, 0.717) is 5.95 Å². The molecule has 2 aromatic rings. The molecule has 0 saturated carbocycles. The zero-order valence-corrected chi connectivity index (χ0v) is 10.8. The number of aryl methyl sites for hydroxylation is 1. The van der Waals surface area contributed by atoms with E-state index in [2.05, 4.69) is 20.6 Å². The largest absolute Gasteiger partial charge is 0.330 e. The van der Waals surface area contributed by atoms with Gasteiger partial charge in [0.2, 0.25) is 5.95 Å². The molecule has 0 aliphatic carbocycles. The number of nitrogens with one attached hydrogen (secondary N) is 2. The van der Waals surface area contributed by atoms with Gasteiger partial charge in [0, 0.05) is 18.0 Å². The highest BCUT2D eigenvalue weighted by molar-refractivity contribution is 7.80. The van der Waals surface area contributed by atoms with E-state index >= 15 is 0 Å². The van der Waals surface area contributed by atoms with E-state index in [1.807, 2.05) is 6.92 Å². The van der Waals surface area contributed by atoms with Crippen LogP contribution in [0.3, 0.4) is 0 Å². The van der Waals surface area contributed by atoms with E-state index < -0.39 is 11.6 Å². The summed E-state index contributed by atoms with van der Waals surface area (Å²) in [5.41, 5.74) is 0.847. The molecule has 0 fully saturated rings. The minimum absolute atomic E-state index is 0.0755. The summed E-state index contributed by atoms with van der Waals surface area (Å²) in [6.45, 7) is 1.81. The van der Waals surface area contributed by atoms with Crippen molar-refractivity contribution in [2.24, 2.45) is 0 Å². The van der Waals surface area contributed by atoms with Crippen LogP contribution in [0.1, 0.15) is 5.69 Å². The number of benzene rings is 1. The average molecular weight is 280 g/mol. The predicted molar refractivity (Wildman–Crippen MR) is 73.0 cm³/mol. The van der Waals surface area contributed by atoms with Gasteiger partial charge in [0.25, 0.3) is 0 Å². The summed E-state index contributed by atoms with van der Waals surface area (Å²) in [7, 11) is 0. The summed E-state index contributed by atoms with van der Waals surface area (Å²) in [4.78, 5) is 8.04. The van der Waals surface area contributed by atoms with Crippen LogP contribution in [0, 0.1) is 18.6 Å². The normalized spacial score (nSPS) is 10.1. The summed E-state index contributed by atoms with van der Waals surface area (Å²) in [6, 6.07) is 4.91. The summed E-state index contributed by atoms with van der Waals surface area (Å²) in [6.07, 6.45) is 1.58. The lowest BCUT2D eigenvalue weighted by atomic mass is 10.3. The smallest absolute Gasteiger partial charge is 0.229 e. The maximum absolute atomic E-state index is 13.4. The standard InChI is InChI=1S/C12H10F2N4S/c1-7-4-5-15-11(16-7)18-12(19)17-10-3-2-8(13)6-9(10)14/h2-6H,1H3,(H2,15,16,17,18,19). The van der Waals surface area contributed by atoms with Crippen molar-refractivity contribution < 1.29 is 8.78 Å². The molecule has 7 heteroatoms. The molecule has 0 bridgehead atoms. The fraction of sp³-hybridized carbons (Fsp3) is 0.0833. The summed E-state index contributed by atoms with van der Waals surface area (Å²) < 4.78 is 26.1.